The van der Waals surface area contributed by atoms with Crippen LogP contribution in [0.5, 0.6) is 5.75 Å². The number of hydrogen-bond acceptors (Lipinski definition) is 1. The van der Waals surface area contributed by atoms with Gasteiger partial charge < -0.3 is 4.52 Å². The topological polar surface area (TPSA) is 9.23 Å². The molecule has 48 valence electrons. The summed E-state index contributed by atoms with van der Waals surface area (Å²) in [5.74, 6) is 0.836. The van der Waals surface area contributed by atoms with E-state index in [2.05, 4.69) is 25.4 Å². The molecule has 1 nitrogen and oxygen atoms in total. The summed E-state index contributed by atoms with van der Waals surface area (Å²) in [4.78, 5) is 0. The van der Waals surface area contributed by atoms with Crippen molar-refractivity contribution in [3.05, 3.63) is 28.7 Å². The molecule has 0 heterocycles. The summed E-state index contributed by atoms with van der Waals surface area (Å²) >= 11 is 3.32. The van der Waals surface area contributed by atoms with Crippen molar-refractivity contribution in [2.45, 2.75) is 0 Å². The van der Waals surface area contributed by atoms with Crippen LogP contribution in [0.2, 0.25) is 0 Å². The minimum absolute atomic E-state index is 0.836. The Labute approximate surface area is 64.8 Å². The predicted octanol–water partition coefficient (Wildman–Crippen LogP) is 2.62. The minimum atomic E-state index is 0.836. The second kappa shape index (κ2) is 3.19. The van der Waals surface area contributed by atoms with Gasteiger partial charge >= 0.3 is 0 Å². The van der Waals surface area contributed by atoms with Crippen LogP contribution >= 0.6 is 25.4 Å². The summed E-state index contributed by atoms with van der Waals surface area (Å²) in [6.07, 6.45) is 0. The van der Waals surface area contributed by atoms with Gasteiger partial charge in [0.2, 0.25) is 0 Å². The molecule has 1 atom stereocenters. The Morgan fingerprint density at radius 2 is 2.00 bits per heavy atom. The van der Waals surface area contributed by atoms with Crippen molar-refractivity contribution in [2.75, 3.05) is 0 Å². The first-order valence-electron chi connectivity index (χ1n) is 2.46. The summed E-state index contributed by atoms with van der Waals surface area (Å²) in [5, 5.41) is 0. The van der Waals surface area contributed by atoms with Gasteiger partial charge in [-0.15, -0.1) is 0 Å². The first-order chi connectivity index (χ1) is 4.34. The number of benzene rings is 1. The van der Waals surface area contributed by atoms with E-state index in [0.29, 0.717) is 0 Å². The number of rotatable bonds is 1. The summed E-state index contributed by atoms with van der Waals surface area (Å²) in [7, 11) is 2.20. The molecule has 0 aliphatic rings. The van der Waals surface area contributed by atoms with E-state index in [1.165, 1.54) is 0 Å². The van der Waals surface area contributed by atoms with Gasteiger partial charge in [-0.25, -0.2) is 0 Å². The quantitative estimate of drug-likeness (QED) is 0.640. The van der Waals surface area contributed by atoms with Crippen LogP contribution < -0.4 is 4.52 Å². The SMILES string of the molecule is POc1ccccc1Br. The number of para-hydroxylation sites is 1. The molecule has 0 saturated heterocycles. The zero-order chi connectivity index (χ0) is 6.69. The lowest BCUT2D eigenvalue weighted by Crippen LogP contribution is -1.73. The Morgan fingerprint density at radius 3 is 2.44 bits per heavy atom. The van der Waals surface area contributed by atoms with Crippen molar-refractivity contribution < 1.29 is 4.52 Å². The van der Waals surface area contributed by atoms with Crippen LogP contribution in [0, 0.1) is 0 Å². The Kier molecular flexibility index (Phi) is 2.49. The molecular formula is C6H6BrOP. The molecule has 0 aliphatic heterocycles. The maximum atomic E-state index is 4.91. The first-order valence-corrected chi connectivity index (χ1v) is 3.72. The first kappa shape index (κ1) is 7.04. The van der Waals surface area contributed by atoms with E-state index in [-0.39, 0.29) is 0 Å². The highest BCUT2D eigenvalue weighted by molar-refractivity contribution is 9.10. The fourth-order valence-corrected chi connectivity index (χ4v) is 1.30. The van der Waals surface area contributed by atoms with Gasteiger partial charge in [0, 0.05) is 0 Å². The van der Waals surface area contributed by atoms with Crippen LogP contribution in [0.1, 0.15) is 0 Å². The molecule has 0 amide bonds. The van der Waals surface area contributed by atoms with Crippen LogP contribution in [0.3, 0.4) is 0 Å². The van der Waals surface area contributed by atoms with Gasteiger partial charge in [0.05, 0.1) is 13.9 Å². The Morgan fingerprint density at radius 1 is 1.33 bits per heavy atom. The van der Waals surface area contributed by atoms with Crippen LogP contribution in [0.25, 0.3) is 0 Å². The van der Waals surface area contributed by atoms with Crippen LogP contribution in [-0.4, -0.2) is 0 Å². The second-order valence-corrected chi connectivity index (χ2v) is 2.64. The van der Waals surface area contributed by atoms with E-state index in [1.54, 1.807) is 0 Å². The minimum Gasteiger partial charge on any atom is -0.479 e. The molecule has 1 rings (SSSR count). The van der Waals surface area contributed by atoms with Crippen molar-refractivity contribution in [2.24, 2.45) is 0 Å². The van der Waals surface area contributed by atoms with Crippen molar-refractivity contribution in [1.29, 1.82) is 0 Å². The van der Waals surface area contributed by atoms with Gasteiger partial charge in [-0.1, -0.05) is 12.1 Å². The third-order valence-corrected chi connectivity index (χ3v) is 1.87. The zero-order valence-electron chi connectivity index (χ0n) is 4.67. The molecule has 0 saturated carbocycles. The summed E-state index contributed by atoms with van der Waals surface area (Å²) < 4.78 is 5.89. The summed E-state index contributed by atoms with van der Waals surface area (Å²) in [5.41, 5.74) is 0. The van der Waals surface area contributed by atoms with Gasteiger partial charge in [0.25, 0.3) is 0 Å². The lowest BCUT2D eigenvalue weighted by atomic mass is 10.3. The average Bonchev–Trinajstić information content (AvgIpc) is 1.89. The summed E-state index contributed by atoms with van der Waals surface area (Å²) in [6.45, 7) is 0. The van der Waals surface area contributed by atoms with Crippen molar-refractivity contribution >= 4 is 25.4 Å². The predicted molar refractivity (Wildman–Crippen MR) is 44.5 cm³/mol. The molecule has 0 N–H and O–H groups in total. The van der Waals surface area contributed by atoms with E-state index in [9.17, 15) is 0 Å². The van der Waals surface area contributed by atoms with Crippen LogP contribution in [-0.2, 0) is 0 Å². The molecule has 0 radical (unpaired) electrons. The van der Waals surface area contributed by atoms with Gasteiger partial charge in [-0.05, 0) is 28.1 Å². The monoisotopic (exact) mass is 204 g/mol. The maximum absolute atomic E-state index is 4.91. The maximum Gasteiger partial charge on any atom is 0.136 e. The molecule has 0 aromatic heterocycles. The van der Waals surface area contributed by atoms with Crippen LogP contribution in [0.15, 0.2) is 28.7 Å². The molecule has 0 spiro atoms. The molecule has 0 bridgehead atoms. The molecule has 1 aromatic rings. The highest BCUT2D eigenvalue weighted by Gasteiger charge is 1.93. The Hall–Kier alpha value is -0.0700. The number of hydrogen-bond donors (Lipinski definition) is 0. The Bertz CT molecular complexity index is 202. The van der Waals surface area contributed by atoms with Crippen molar-refractivity contribution in [3.63, 3.8) is 0 Å². The van der Waals surface area contributed by atoms with Gasteiger partial charge in [0.1, 0.15) is 5.75 Å². The molecule has 1 unspecified atom stereocenters. The van der Waals surface area contributed by atoms with E-state index in [0.717, 1.165) is 10.2 Å². The third kappa shape index (κ3) is 1.67. The fourth-order valence-electron chi connectivity index (χ4n) is 0.540. The smallest absolute Gasteiger partial charge is 0.136 e. The lowest BCUT2D eigenvalue weighted by molar-refractivity contribution is 0.642. The zero-order valence-corrected chi connectivity index (χ0v) is 7.41. The molecule has 9 heavy (non-hydrogen) atoms. The van der Waals surface area contributed by atoms with E-state index in [4.69, 9.17) is 4.52 Å². The molecule has 3 heteroatoms. The van der Waals surface area contributed by atoms with Crippen molar-refractivity contribution in [3.8, 4) is 5.75 Å². The average molecular weight is 205 g/mol. The van der Waals surface area contributed by atoms with Crippen molar-refractivity contribution in [1.82, 2.24) is 0 Å². The van der Waals surface area contributed by atoms with E-state index < -0.39 is 0 Å². The highest BCUT2D eigenvalue weighted by atomic mass is 79.9. The molecule has 1 aromatic carbocycles. The molecule has 0 aliphatic carbocycles. The van der Waals surface area contributed by atoms with Gasteiger partial charge in [-0.3, -0.25) is 0 Å². The van der Waals surface area contributed by atoms with Gasteiger partial charge in [0.15, 0.2) is 0 Å². The summed E-state index contributed by atoms with van der Waals surface area (Å²) in [6, 6.07) is 7.68. The number of halogens is 1. The second-order valence-electron chi connectivity index (χ2n) is 1.55. The highest BCUT2D eigenvalue weighted by Crippen LogP contribution is 2.24. The molecule has 0 fully saturated rings. The Balaban J connectivity index is 3.01. The molecular weight excluding hydrogens is 199 g/mol. The third-order valence-electron chi connectivity index (χ3n) is 0.964. The fraction of sp³-hybridized carbons (Fsp3) is 0. The largest absolute Gasteiger partial charge is 0.479 e. The van der Waals surface area contributed by atoms with E-state index in [1.807, 2.05) is 24.3 Å². The van der Waals surface area contributed by atoms with E-state index >= 15 is 0 Å². The van der Waals surface area contributed by atoms with Gasteiger partial charge in [-0.2, -0.15) is 0 Å². The lowest BCUT2D eigenvalue weighted by Gasteiger charge is -1.98. The standard InChI is InChI=1S/C6H6BrOP/c7-5-3-1-2-4-6(5)8-9/h1-4H,9H2. The normalized spacial score (nSPS) is 9.11. The van der Waals surface area contributed by atoms with Crippen LogP contribution in [0.4, 0.5) is 0 Å².